The molecule has 1 rings (SSSR count). The molecule has 6 nitrogen and oxygen atoms in total. The van der Waals surface area contributed by atoms with Gasteiger partial charge in [-0.3, -0.25) is 19.3 Å². The standard InChI is InChI=1S/C9H14N2O4S/c10-6(9(14)15)5-16-4-3-11-7(12)1-2-8(11)13/h6H,1-5,10H2,(H,14,15)/t6-/m1/s1. The van der Waals surface area contributed by atoms with Crippen LogP contribution in [0.3, 0.4) is 0 Å². The van der Waals surface area contributed by atoms with Crippen molar-refractivity contribution in [1.29, 1.82) is 0 Å². The average molecular weight is 246 g/mol. The molecule has 0 bridgehead atoms. The van der Waals surface area contributed by atoms with Crippen molar-refractivity contribution in [3.63, 3.8) is 0 Å². The molecule has 0 aromatic carbocycles. The van der Waals surface area contributed by atoms with Gasteiger partial charge in [-0.2, -0.15) is 11.8 Å². The van der Waals surface area contributed by atoms with Crippen molar-refractivity contribution >= 4 is 29.5 Å². The third-order valence-electron chi connectivity index (χ3n) is 2.23. The molecule has 0 spiro atoms. The van der Waals surface area contributed by atoms with E-state index in [1.165, 1.54) is 16.7 Å². The first kappa shape index (κ1) is 13.0. The highest BCUT2D eigenvalue weighted by atomic mass is 32.2. The monoisotopic (exact) mass is 246 g/mol. The Balaban J connectivity index is 2.18. The molecule has 0 aliphatic carbocycles. The molecule has 1 atom stereocenters. The molecule has 0 saturated carbocycles. The number of nitrogens with zero attached hydrogens (tertiary/aromatic N) is 1. The summed E-state index contributed by atoms with van der Waals surface area (Å²) < 4.78 is 0. The summed E-state index contributed by atoms with van der Waals surface area (Å²) in [5.74, 6) is -0.522. The summed E-state index contributed by atoms with van der Waals surface area (Å²) in [7, 11) is 0. The first-order chi connectivity index (χ1) is 7.52. The summed E-state index contributed by atoms with van der Waals surface area (Å²) in [5, 5.41) is 8.52. The van der Waals surface area contributed by atoms with Gasteiger partial charge >= 0.3 is 5.97 Å². The van der Waals surface area contributed by atoms with Gasteiger partial charge in [0.1, 0.15) is 6.04 Å². The van der Waals surface area contributed by atoms with Gasteiger partial charge in [0.25, 0.3) is 0 Å². The lowest BCUT2D eigenvalue weighted by atomic mass is 10.4. The van der Waals surface area contributed by atoms with E-state index in [4.69, 9.17) is 10.8 Å². The second kappa shape index (κ2) is 5.86. The summed E-state index contributed by atoms with van der Waals surface area (Å²) in [6.45, 7) is 0.342. The summed E-state index contributed by atoms with van der Waals surface area (Å²) in [6, 6.07) is -0.894. The summed E-state index contributed by atoms with van der Waals surface area (Å²) in [4.78, 5) is 34.0. The Morgan fingerprint density at radius 2 is 2.00 bits per heavy atom. The molecular weight excluding hydrogens is 232 g/mol. The number of thioether (sulfide) groups is 1. The Morgan fingerprint density at radius 1 is 1.44 bits per heavy atom. The fourth-order valence-corrected chi connectivity index (χ4v) is 2.18. The van der Waals surface area contributed by atoms with Crippen LogP contribution in [-0.2, 0) is 14.4 Å². The van der Waals surface area contributed by atoms with Crippen molar-refractivity contribution < 1.29 is 19.5 Å². The molecule has 16 heavy (non-hydrogen) atoms. The molecule has 3 N–H and O–H groups in total. The highest BCUT2D eigenvalue weighted by molar-refractivity contribution is 7.99. The Labute approximate surface area is 97.2 Å². The number of hydrogen-bond donors (Lipinski definition) is 2. The van der Waals surface area contributed by atoms with E-state index in [2.05, 4.69) is 0 Å². The molecule has 1 saturated heterocycles. The zero-order chi connectivity index (χ0) is 12.1. The van der Waals surface area contributed by atoms with Gasteiger partial charge in [0.15, 0.2) is 0 Å². The number of likely N-dealkylation sites (tertiary alicyclic amines) is 1. The smallest absolute Gasteiger partial charge is 0.321 e. The van der Waals surface area contributed by atoms with E-state index < -0.39 is 12.0 Å². The van der Waals surface area contributed by atoms with Gasteiger partial charge in [0.2, 0.25) is 11.8 Å². The predicted octanol–water partition coefficient (Wildman–Crippen LogP) is -0.720. The first-order valence-corrected chi connectivity index (χ1v) is 6.07. The van der Waals surface area contributed by atoms with Gasteiger partial charge in [0, 0.05) is 30.9 Å². The molecule has 7 heteroatoms. The van der Waals surface area contributed by atoms with E-state index in [1.807, 2.05) is 0 Å². The number of imide groups is 1. The van der Waals surface area contributed by atoms with Crippen molar-refractivity contribution in [2.75, 3.05) is 18.1 Å². The van der Waals surface area contributed by atoms with Crippen LogP contribution in [0.2, 0.25) is 0 Å². The third-order valence-corrected chi connectivity index (χ3v) is 3.29. The van der Waals surface area contributed by atoms with Crippen molar-refractivity contribution in [3.8, 4) is 0 Å². The number of amides is 2. The van der Waals surface area contributed by atoms with Crippen LogP contribution in [0.15, 0.2) is 0 Å². The number of carboxylic acid groups (broad SMARTS) is 1. The minimum absolute atomic E-state index is 0.145. The molecule has 0 unspecified atom stereocenters. The quantitative estimate of drug-likeness (QED) is 0.474. The molecule has 0 aromatic heterocycles. The van der Waals surface area contributed by atoms with Gasteiger partial charge in [0.05, 0.1) is 0 Å². The molecular formula is C9H14N2O4S. The summed E-state index contributed by atoms with van der Waals surface area (Å²) in [6.07, 6.45) is 0.580. The lowest BCUT2D eigenvalue weighted by Gasteiger charge is -2.13. The van der Waals surface area contributed by atoms with Crippen LogP contribution in [-0.4, -0.2) is 51.9 Å². The Bertz CT molecular complexity index is 292. The third kappa shape index (κ3) is 3.49. The lowest BCUT2D eigenvalue weighted by molar-refractivity contribution is -0.139. The Kier molecular flexibility index (Phi) is 4.75. The molecule has 1 fully saturated rings. The number of carbonyl (C=O) groups is 3. The molecule has 1 heterocycles. The number of hydrogen-bond acceptors (Lipinski definition) is 5. The van der Waals surface area contributed by atoms with E-state index in [0.717, 1.165) is 0 Å². The van der Waals surface area contributed by atoms with Gasteiger partial charge in [-0.05, 0) is 0 Å². The topological polar surface area (TPSA) is 101 Å². The predicted molar refractivity (Wildman–Crippen MR) is 58.9 cm³/mol. The van der Waals surface area contributed by atoms with Crippen LogP contribution >= 0.6 is 11.8 Å². The molecule has 0 radical (unpaired) electrons. The lowest BCUT2D eigenvalue weighted by Crippen LogP contribution is -2.34. The van der Waals surface area contributed by atoms with E-state index in [9.17, 15) is 14.4 Å². The minimum atomic E-state index is -1.04. The summed E-state index contributed by atoms with van der Waals surface area (Å²) in [5.41, 5.74) is 5.30. The Morgan fingerprint density at radius 3 is 2.50 bits per heavy atom. The van der Waals surface area contributed by atoms with Gasteiger partial charge in [-0.25, -0.2) is 0 Å². The maximum Gasteiger partial charge on any atom is 0.321 e. The van der Waals surface area contributed by atoms with Crippen LogP contribution in [0, 0.1) is 0 Å². The SMILES string of the molecule is N[C@H](CSCCN1C(=O)CCC1=O)C(=O)O. The molecule has 1 aliphatic rings. The molecule has 1 aliphatic heterocycles. The van der Waals surface area contributed by atoms with Gasteiger partial charge in [-0.15, -0.1) is 0 Å². The van der Waals surface area contributed by atoms with E-state index in [0.29, 0.717) is 12.3 Å². The fourth-order valence-electron chi connectivity index (χ4n) is 1.31. The first-order valence-electron chi connectivity index (χ1n) is 4.91. The normalized spacial score (nSPS) is 17.9. The Hall–Kier alpha value is -1.08. The maximum atomic E-state index is 11.2. The molecule has 2 amide bonds. The maximum absolute atomic E-state index is 11.2. The van der Waals surface area contributed by atoms with Crippen LogP contribution in [0.5, 0.6) is 0 Å². The number of carbonyl (C=O) groups excluding carboxylic acids is 2. The minimum Gasteiger partial charge on any atom is -0.480 e. The van der Waals surface area contributed by atoms with Crippen LogP contribution in [0.1, 0.15) is 12.8 Å². The van der Waals surface area contributed by atoms with Crippen LogP contribution in [0.4, 0.5) is 0 Å². The zero-order valence-corrected chi connectivity index (χ0v) is 9.53. The van der Waals surface area contributed by atoms with Gasteiger partial charge < -0.3 is 10.8 Å². The van der Waals surface area contributed by atoms with Crippen molar-refractivity contribution in [3.05, 3.63) is 0 Å². The largest absolute Gasteiger partial charge is 0.480 e. The fraction of sp³-hybridized carbons (Fsp3) is 0.667. The molecule has 90 valence electrons. The van der Waals surface area contributed by atoms with Crippen LogP contribution < -0.4 is 5.73 Å². The highest BCUT2D eigenvalue weighted by Gasteiger charge is 2.28. The van der Waals surface area contributed by atoms with Gasteiger partial charge in [-0.1, -0.05) is 0 Å². The second-order valence-electron chi connectivity index (χ2n) is 3.46. The van der Waals surface area contributed by atoms with E-state index >= 15 is 0 Å². The number of rotatable bonds is 6. The number of nitrogens with two attached hydrogens (primary N) is 1. The number of aliphatic carboxylic acids is 1. The van der Waals surface area contributed by atoms with E-state index in [1.54, 1.807) is 0 Å². The zero-order valence-electron chi connectivity index (χ0n) is 8.72. The van der Waals surface area contributed by atoms with Crippen molar-refractivity contribution in [2.24, 2.45) is 5.73 Å². The van der Waals surface area contributed by atoms with Crippen LogP contribution in [0.25, 0.3) is 0 Å². The van der Waals surface area contributed by atoms with Crippen molar-refractivity contribution in [1.82, 2.24) is 4.90 Å². The van der Waals surface area contributed by atoms with E-state index in [-0.39, 0.29) is 30.4 Å². The number of carboxylic acids is 1. The summed E-state index contributed by atoms with van der Waals surface area (Å²) >= 11 is 1.33. The second-order valence-corrected chi connectivity index (χ2v) is 4.61. The highest BCUT2D eigenvalue weighted by Crippen LogP contribution is 2.12. The molecule has 0 aromatic rings. The average Bonchev–Trinajstić information content (AvgIpc) is 2.54. The van der Waals surface area contributed by atoms with Crippen molar-refractivity contribution in [2.45, 2.75) is 18.9 Å².